The molecule has 1 amide bonds. The number of likely N-dealkylation sites (tertiary alicyclic amines) is 1. The quantitative estimate of drug-likeness (QED) is 0.651. The second-order valence-electron chi connectivity index (χ2n) is 6.18. The SMILES string of the molecule is CC(C)(C)OC(=O)N1CC[C@@H]2CC(=O)C[C@H]2C1. The Bertz CT molecular complexity index is 332. The van der Waals surface area contributed by atoms with Crippen LogP contribution in [0.25, 0.3) is 0 Å². The van der Waals surface area contributed by atoms with Crippen LogP contribution in [-0.2, 0) is 9.53 Å². The fourth-order valence-electron chi connectivity index (χ4n) is 2.74. The van der Waals surface area contributed by atoms with Gasteiger partial charge >= 0.3 is 6.09 Å². The predicted molar refractivity (Wildman–Crippen MR) is 63.6 cm³/mol. The van der Waals surface area contributed by atoms with Crippen LogP contribution in [0.4, 0.5) is 4.79 Å². The zero-order valence-electron chi connectivity index (χ0n) is 10.9. The molecule has 0 aromatic heterocycles. The summed E-state index contributed by atoms with van der Waals surface area (Å²) in [5, 5.41) is 0. The summed E-state index contributed by atoms with van der Waals surface area (Å²) >= 11 is 0. The first-order valence-corrected chi connectivity index (χ1v) is 6.35. The summed E-state index contributed by atoms with van der Waals surface area (Å²) in [4.78, 5) is 25.0. The monoisotopic (exact) mass is 239 g/mol. The zero-order chi connectivity index (χ0) is 12.6. The second kappa shape index (κ2) is 4.31. The van der Waals surface area contributed by atoms with E-state index in [2.05, 4.69) is 0 Å². The highest BCUT2D eigenvalue weighted by Crippen LogP contribution is 2.36. The van der Waals surface area contributed by atoms with Gasteiger partial charge in [-0.05, 0) is 39.0 Å². The molecule has 0 N–H and O–H groups in total. The smallest absolute Gasteiger partial charge is 0.410 e. The minimum Gasteiger partial charge on any atom is -0.444 e. The van der Waals surface area contributed by atoms with E-state index in [-0.39, 0.29) is 6.09 Å². The Labute approximate surface area is 102 Å². The number of hydrogen-bond donors (Lipinski definition) is 0. The van der Waals surface area contributed by atoms with Crippen molar-refractivity contribution in [3.8, 4) is 0 Å². The predicted octanol–water partition coefficient (Wildman–Crippen LogP) is 2.22. The molecule has 0 unspecified atom stereocenters. The van der Waals surface area contributed by atoms with E-state index in [4.69, 9.17) is 4.74 Å². The first-order valence-electron chi connectivity index (χ1n) is 6.35. The first kappa shape index (κ1) is 12.4. The van der Waals surface area contributed by atoms with Crippen LogP contribution in [0.2, 0.25) is 0 Å². The van der Waals surface area contributed by atoms with Crippen molar-refractivity contribution in [1.82, 2.24) is 4.90 Å². The Hall–Kier alpha value is -1.06. The molecule has 1 heterocycles. The topological polar surface area (TPSA) is 46.6 Å². The standard InChI is InChI=1S/C13H21NO3/c1-13(2,3)17-12(16)14-5-4-9-6-11(15)7-10(9)8-14/h9-10H,4-8H2,1-3H3/t9-,10+/m1/s1. The average molecular weight is 239 g/mol. The maximum Gasteiger partial charge on any atom is 0.410 e. The molecule has 1 saturated heterocycles. The Kier molecular flexibility index (Phi) is 3.15. The van der Waals surface area contributed by atoms with E-state index in [0.717, 1.165) is 13.0 Å². The van der Waals surface area contributed by atoms with Crippen molar-refractivity contribution in [2.24, 2.45) is 11.8 Å². The summed E-state index contributed by atoms with van der Waals surface area (Å²) < 4.78 is 5.35. The molecule has 96 valence electrons. The van der Waals surface area contributed by atoms with Gasteiger partial charge in [0, 0.05) is 25.9 Å². The van der Waals surface area contributed by atoms with E-state index >= 15 is 0 Å². The average Bonchev–Trinajstić information content (AvgIpc) is 2.53. The number of ketones is 1. The van der Waals surface area contributed by atoms with Crippen LogP contribution in [0, 0.1) is 11.8 Å². The number of fused-ring (bicyclic) bond motifs is 1. The first-order chi connectivity index (χ1) is 7.85. The molecule has 2 atom stereocenters. The highest BCUT2D eigenvalue weighted by molar-refractivity contribution is 5.81. The molecule has 4 heteroatoms. The van der Waals surface area contributed by atoms with Crippen LogP contribution in [0.15, 0.2) is 0 Å². The largest absolute Gasteiger partial charge is 0.444 e. The number of rotatable bonds is 0. The van der Waals surface area contributed by atoms with Gasteiger partial charge in [-0.1, -0.05) is 0 Å². The molecular formula is C13H21NO3. The minimum atomic E-state index is -0.445. The summed E-state index contributed by atoms with van der Waals surface area (Å²) in [6.45, 7) is 7.03. The van der Waals surface area contributed by atoms with E-state index in [1.807, 2.05) is 20.8 Å². The highest BCUT2D eigenvalue weighted by atomic mass is 16.6. The van der Waals surface area contributed by atoms with E-state index in [0.29, 0.717) is 37.0 Å². The van der Waals surface area contributed by atoms with Crippen LogP contribution in [0.1, 0.15) is 40.0 Å². The number of piperidine rings is 1. The van der Waals surface area contributed by atoms with Crippen LogP contribution < -0.4 is 0 Å². The molecule has 1 saturated carbocycles. The fourth-order valence-corrected chi connectivity index (χ4v) is 2.74. The third-order valence-corrected chi connectivity index (χ3v) is 3.52. The van der Waals surface area contributed by atoms with Gasteiger partial charge in [0.05, 0.1) is 0 Å². The molecule has 0 bridgehead atoms. The minimum absolute atomic E-state index is 0.240. The third kappa shape index (κ3) is 2.99. The van der Waals surface area contributed by atoms with Crippen molar-refractivity contribution in [3.63, 3.8) is 0 Å². The molecule has 17 heavy (non-hydrogen) atoms. The van der Waals surface area contributed by atoms with Gasteiger partial charge < -0.3 is 9.64 Å². The summed E-state index contributed by atoms with van der Waals surface area (Å²) in [6, 6.07) is 0. The Balaban J connectivity index is 1.92. The van der Waals surface area contributed by atoms with Crippen molar-refractivity contribution in [2.45, 2.75) is 45.6 Å². The molecule has 2 aliphatic rings. The van der Waals surface area contributed by atoms with Crippen molar-refractivity contribution in [3.05, 3.63) is 0 Å². The van der Waals surface area contributed by atoms with Crippen molar-refractivity contribution in [2.75, 3.05) is 13.1 Å². The van der Waals surface area contributed by atoms with Gasteiger partial charge in [-0.15, -0.1) is 0 Å². The van der Waals surface area contributed by atoms with Gasteiger partial charge in [-0.2, -0.15) is 0 Å². The number of ether oxygens (including phenoxy) is 1. The van der Waals surface area contributed by atoms with Crippen molar-refractivity contribution >= 4 is 11.9 Å². The highest BCUT2D eigenvalue weighted by Gasteiger charge is 2.39. The molecule has 0 radical (unpaired) electrons. The number of carbonyl (C=O) groups excluding carboxylic acids is 2. The van der Waals surface area contributed by atoms with E-state index in [1.165, 1.54) is 0 Å². The Morgan fingerprint density at radius 3 is 2.59 bits per heavy atom. The molecule has 1 aliphatic heterocycles. The van der Waals surface area contributed by atoms with Crippen molar-refractivity contribution in [1.29, 1.82) is 0 Å². The van der Waals surface area contributed by atoms with Crippen LogP contribution in [-0.4, -0.2) is 35.5 Å². The molecule has 0 aromatic rings. The number of carbonyl (C=O) groups is 2. The lowest BCUT2D eigenvalue weighted by atomic mass is 9.89. The van der Waals surface area contributed by atoms with Gasteiger partial charge in [0.25, 0.3) is 0 Å². The summed E-state index contributed by atoms with van der Waals surface area (Å²) in [5.74, 6) is 1.22. The third-order valence-electron chi connectivity index (χ3n) is 3.52. The summed E-state index contributed by atoms with van der Waals surface area (Å²) in [7, 11) is 0. The molecule has 0 spiro atoms. The summed E-state index contributed by atoms with van der Waals surface area (Å²) in [5.41, 5.74) is -0.445. The lowest BCUT2D eigenvalue weighted by Crippen LogP contribution is -2.44. The van der Waals surface area contributed by atoms with E-state index in [9.17, 15) is 9.59 Å². The summed E-state index contributed by atoms with van der Waals surface area (Å²) in [6.07, 6.45) is 2.06. The van der Waals surface area contributed by atoms with E-state index < -0.39 is 5.60 Å². The zero-order valence-corrected chi connectivity index (χ0v) is 10.9. The van der Waals surface area contributed by atoms with E-state index in [1.54, 1.807) is 4.90 Å². The van der Waals surface area contributed by atoms with Crippen LogP contribution in [0.3, 0.4) is 0 Å². The molecule has 1 aliphatic carbocycles. The van der Waals surface area contributed by atoms with Crippen LogP contribution >= 0.6 is 0 Å². The Morgan fingerprint density at radius 2 is 1.94 bits per heavy atom. The number of hydrogen-bond acceptors (Lipinski definition) is 3. The molecule has 2 fully saturated rings. The van der Waals surface area contributed by atoms with Crippen LogP contribution in [0.5, 0.6) is 0 Å². The lowest BCUT2D eigenvalue weighted by molar-refractivity contribution is -0.117. The second-order valence-corrected chi connectivity index (χ2v) is 6.18. The van der Waals surface area contributed by atoms with Crippen molar-refractivity contribution < 1.29 is 14.3 Å². The fraction of sp³-hybridized carbons (Fsp3) is 0.846. The Morgan fingerprint density at radius 1 is 1.29 bits per heavy atom. The number of Topliss-reactive ketones (excluding diaryl/α,β-unsaturated/α-hetero) is 1. The molecule has 0 aromatic carbocycles. The number of amides is 1. The van der Waals surface area contributed by atoms with Gasteiger partial charge in [0.1, 0.15) is 11.4 Å². The van der Waals surface area contributed by atoms with Gasteiger partial charge in [-0.3, -0.25) is 4.79 Å². The molecular weight excluding hydrogens is 218 g/mol. The lowest BCUT2D eigenvalue weighted by Gasteiger charge is -2.35. The maximum absolute atomic E-state index is 11.9. The maximum atomic E-state index is 11.9. The number of nitrogens with zero attached hydrogens (tertiary/aromatic N) is 1. The molecule has 4 nitrogen and oxygen atoms in total. The normalized spacial score (nSPS) is 29.1. The molecule has 2 rings (SSSR count). The van der Waals surface area contributed by atoms with Gasteiger partial charge in [0.2, 0.25) is 0 Å². The van der Waals surface area contributed by atoms with Gasteiger partial charge in [-0.25, -0.2) is 4.79 Å². The van der Waals surface area contributed by atoms with Gasteiger partial charge in [0.15, 0.2) is 0 Å².